The van der Waals surface area contributed by atoms with Crippen LogP contribution in [0.15, 0.2) is 48.5 Å². The van der Waals surface area contributed by atoms with Crippen LogP contribution in [0.4, 0.5) is 0 Å². The molecule has 0 heterocycles. The van der Waals surface area contributed by atoms with Crippen LogP contribution in [-0.2, 0) is 21.6 Å². The second-order valence-corrected chi connectivity index (χ2v) is 6.72. The van der Waals surface area contributed by atoms with Gasteiger partial charge in [0.15, 0.2) is 0 Å². The van der Waals surface area contributed by atoms with Crippen molar-refractivity contribution >= 4 is 29.1 Å². The molecule has 0 fully saturated rings. The number of halogens is 2. The molecule has 0 saturated carbocycles. The molecule has 0 saturated heterocycles. The molecule has 1 atom stereocenters. The van der Waals surface area contributed by atoms with Crippen LogP contribution >= 0.6 is 23.2 Å². The average molecular weight is 366 g/mol. The standard InChI is InChI=1S/C19H21Cl2NO2/c1-19(24-2,15-6-4-8-17(21)12-15)13-22-18(23)10-9-14-5-3-7-16(20)11-14/h3-8,11-12H,9-10,13H2,1-2H3,(H,22,23). The number of carbonyl (C=O) groups is 1. The highest BCUT2D eigenvalue weighted by molar-refractivity contribution is 6.30. The summed E-state index contributed by atoms with van der Waals surface area (Å²) in [7, 11) is 1.62. The van der Waals surface area contributed by atoms with Crippen LogP contribution in [0.2, 0.25) is 10.0 Å². The summed E-state index contributed by atoms with van der Waals surface area (Å²) in [5.74, 6) is -0.0275. The van der Waals surface area contributed by atoms with Crippen molar-refractivity contribution in [2.24, 2.45) is 0 Å². The van der Waals surface area contributed by atoms with Gasteiger partial charge in [0.2, 0.25) is 5.91 Å². The Bertz CT molecular complexity index is 705. The summed E-state index contributed by atoms with van der Waals surface area (Å²) in [5.41, 5.74) is 1.34. The number of hydrogen-bond acceptors (Lipinski definition) is 2. The predicted octanol–water partition coefficient (Wildman–Crippen LogP) is 4.60. The van der Waals surface area contributed by atoms with Crippen molar-refractivity contribution in [2.75, 3.05) is 13.7 Å². The van der Waals surface area contributed by atoms with Gasteiger partial charge in [-0.2, -0.15) is 0 Å². The summed E-state index contributed by atoms with van der Waals surface area (Å²) < 4.78 is 5.62. The molecule has 0 radical (unpaired) electrons. The average Bonchev–Trinajstić information content (AvgIpc) is 2.58. The van der Waals surface area contributed by atoms with Crippen LogP contribution in [0.5, 0.6) is 0 Å². The van der Waals surface area contributed by atoms with Gasteiger partial charge in [0.25, 0.3) is 0 Å². The maximum absolute atomic E-state index is 12.1. The van der Waals surface area contributed by atoms with Gasteiger partial charge in [-0.15, -0.1) is 0 Å². The first-order valence-corrected chi connectivity index (χ1v) is 8.51. The Hall–Kier alpha value is -1.55. The Morgan fingerprint density at radius 3 is 2.42 bits per heavy atom. The fraction of sp³-hybridized carbons (Fsp3) is 0.316. The Balaban J connectivity index is 1.91. The highest BCUT2D eigenvalue weighted by Crippen LogP contribution is 2.26. The van der Waals surface area contributed by atoms with E-state index in [4.69, 9.17) is 27.9 Å². The third-order valence-electron chi connectivity index (χ3n) is 4.04. The molecule has 24 heavy (non-hydrogen) atoms. The minimum absolute atomic E-state index is 0.0275. The summed E-state index contributed by atoms with van der Waals surface area (Å²) in [6.07, 6.45) is 1.04. The van der Waals surface area contributed by atoms with Gasteiger partial charge in [0.1, 0.15) is 5.60 Å². The Morgan fingerprint density at radius 1 is 1.12 bits per heavy atom. The van der Waals surface area contributed by atoms with E-state index in [1.54, 1.807) is 7.11 Å². The molecule has 2 aromatic carbocycles. The number of ether oxygens (including phenoxy) is 1. The van der Waals surface area contributed by atoms with Gasteiger partial charge in [0, 0.05) is 23.6 Å². The monoisotopic (exact) mass is 365 g/mol. The van der Waals surface area contributed by atoms with Gasteiger partial charge in [0.05, 0.1) is 6.54 Å². The largest absolute Gasteiger partial charge is 0.372 e. The van der Waals surface area contributed by atoms with Crippen molar-refractivity contribution in [1.82, 2.24) is 5.32 Å². The fourth-order valence-electron chi connectivity index (χ4n) is 2.42. The number of rotatable bonds is 7. The highest BCUT2D eigenvalue weighted by atomic mass is 35.5. The molecule has 0 aromatic heterocycles. The molecule has 2 rings (SSSR count). The summed E-state index contributed by atoms with van der Waals surface area (Å²) in [6.45, 7) is 2.30. The van der Waals surface area contributed by atoms with E-state index < -0.39 is 5.60 Å². The van der Waals surface area contributed by atoms with E-state index >= 15 is 0 Å². The van der Waals surface area contributed by atoms with Crippen LogP contribution in [0.3, 0.4) is 0 Å². The van der Waals surface area contributed by atoms with Gasteiger partial charge >= 0.3 is 0 Å². The van der Waals surface area contributed by atoms with E-state index in [0.717, 1.165) is 11.1 Å². The summed E-state index contributed by atoms with van der Waals surface area (Å²) in [5, 5.41) is 4.26. The first-order chi connectivity index (χ1) is 11.4. The number of methoxy groups -OCH3 is 1. The number of aryl methyl sites for hydroxylation is 1. The van der Waals surface area contributed by atoms with Crippen LogP contribution in [0.25, 0.3) is 0 Å². The lowest BCUT2D eigenvalue weighted by atomic mass is 9.95. The van der Waals surface area contributed by atoms with E-state index in [2.05, 4.69) is 5.32 Å². The minimum atomic E-state index is -0.628. The molecule has 0 aliphatic heterocycles. The fourth-order valence-corrected chi connectivity index (χ4v) is 2.82. The second-order valence-electron chi connectivity index (χ2n) is 5.85. The maximum atomic E-state index is 12.1. The lowest BCUT2D eigenvalue weighted by Crippen LogP contribution is -2.40. The SMILES string of the molecule is COC(C)(CNC(=O)CCc1cccc(Cl)c1)c1cccc(Cl)c1. The van der Waals surface area contributed by atoms with Gasteiger partial charge in [-0.1, -0.05) is 47.5 Å². The Kier molecular flexibility index (Phi) is 6.67. The quantitative estimate of drug-likeness (QED) is 0.778. The molecule has 1 unspecified atom stereocenters. The minimum Gasteiger partial charge on any atom is -0.372 e. The summed E-state index contributed by atoms with van der Waals surface area (Å²) >= 11 is 12.0. The predicted molar refractivity (Wildman–Crippen MR) is 98.6 cm³/mol. The first-order valence-electron chi connectivity index (χ1n) is 7.75. The zero-order valence-corrected chi connectivity index (χ0v) is 15.3. The first kappa shape index (κ1) is 18.8. The third kappa shape index (κ3) is 5.23. The van der Waals surface area contributed by atoms with Gasteiger partial charge < -0.3 is 10.1 Å². The number of nitrogens with one attached hydrogen (secondary N) is 1. The van der Waals surface area contributed by atoms with Crippen LogP contribution < -0.4 is 5.32 Å². The van der Waals surface area contributed by atoms with Crippen LogP contribution in [-0.4, -0.2) is 19.6 Å². The third-order valence-corrected chi connectivity index (χ3v) is 4.51. The van der Waals surface area contributed by atoms with Gasteiger partial charge in [-0.3, -0.25) is 4.79 Å². The summed E-state index contributed by atoms with van der Waals surface area (Å²) in [6, 6.07) is 15.0. The molecule has 0 spiro atoms. The molecular formula is C19H21Cl2NO2. The number of amides is 1. The Morgan fingerprint density at radius 2 is 1.79 bits per heavy atom. The lowest BCUT2D eigenvalue weighted by molar-refractivity contribution is -0.122. The molecular weight excluding hydrogens is 345 g/mol. The molecule has 0 aliphatic carbocycles. The molecule has 1 amide bonds. The molecule has 0 aliphatic rings. The molecule has 5 heteroatoms. The van der Waals surface area contributed by atoms with E-state index in [-0.39, 0.29) is 5.91 Å². The van der Waals surface area contributed by atoms with Crippen molar-refractivity contribution < 1.29 is 9.53 Å². The normalized spacial score (nSPS) is 13.3. The van der Waals surface area contributed by atoms with Crippen molar-refractivity contribution in [2.45, 2.75) is 25.4 Å². The smallest absolute Gasteiger partial charge is 0.220 e. The van der Waals surface area contributed by atoms with Crippen LogP contribution in [0, 0.1) is 0 Å². The van der Waals surface area contributed by atoms with E-state index in [9.17, 15) is 4.79 Å². The van der Waals surface area contributed by atoms with Crippen molar-refractivity contribution in [3.8, 4) is 0 Å². The van der Waals surface area contributed by atoms with E-state index in [0.29, 0.717) is 29.4 Å². The lowest BCUT2D eigenvalue weighted by Gasteiger charge is -2.29. The zero-order chi connectivity index (χ0) is 17.6. The van der Waals surface area contributed by atoms with Crippen LogP contribution in [0.1, 0.15) is 24.5 Å². The van der Waals surface area contributed by atoms with Gasteiger partial charge in [-0.05, 0) is 48.7 Å². The van der Waals surface area contributed by atoms with Crippen molar-refractivity contribution in [1.29, 1.82) is 0 Å². The van der Waals surface area contributed by atoms with Gasteiger partial charge in [-0.25, -0.2) is 0 Å². The summed E-state index contributed by atoms with van der Waals surface area (Å²) in [4.78, 5) is 12.1. The van der Waals surface area contributed by atoms with Crippen molar-refractivity contribution in [3.63, 3.8) is 0 Å². The Labute approximate surface area is 152 Å². The molecule has 2 aromatic rings. The van der Waals surface area contributed by atoms with Crippen molar-refractivity contribution in [3.05, 3.63) is 69.7 Å². The zero-order valence-electron chi connectivity index (χ0n) is 13.8. The topological polar surface area (TPSA) is 38.3 Å². The van der Waals surface area contributed by atoms with E-state index in [1.807, 2.05) is 55.5 Å². The second kappa shape index (κ2) is 8.52. The number of benzene rings is 2. The maximum Gasteiger partial charge on any atom is 0.220 e. The molecule has 3 nitrogen and oxygen atoms in total. The number of carbonyl (C=O) groups excluding carboxylic acids is 1. The highest BCUT2D eigenvalue weighted by Gasteiger charge is 2.27. The molecule has 0 bridgehead atoms. The molecule has 1 N–H and O–H groups in total. The van der Waals surface area contributed by atoms with E-state index in [1.165, 1.54) is 0 Å². The molecule has 128 valence electrons. The number of hydrogen-bond donors (Lipinski definition) is 1.